The zero-order valence-electron chi connectivity index (χ0n) is 6.30. The van der Waals surface area contributed by atoms with Crippen LogP contribution >= 0.6 is 0 Å². The van der Waals surface area contributed by atoms with Crippen LogP contribution in [0.25, 0.3) is 0 Å². The molecule has 0 aromatic heterocycles. The van der Waals surface area contributed by atoms with Crippen molar-refractivity contribution in [1.29, 1.82) is 0 Å². The summed E-state index contributed by atoms with van der Waals surface area (Å²) in [5.74, 6) is 2.21. The van der Waals surface area contributed by atoms with Crippen LogP contribution in [0.2, 0.25) is 0 Å². The van der Waals surface area contributed by atoms with E-state index in [0.717, 1.165) is 17.9 Å². The van der Waals surface area contributed by atoms with Gasteiger partial charge in [-0.25, -0.2) is 0 Å². The zero-order valence-corrected chi connectivity index (χ0v) is 6.30. The first-order valence-electron chi connectivity index (χ1n) is 3.97. The molecule has 2 fully saturated rings. The Balaban J connectivity index is 1.98. The number of likely N-dealkylation sites (tertiary alicyclic amines) is 1. The molecular weight excluding hydrogens is 110 g/mol. The molecule has 2 rings (SSSR count). The van der Waals surface area contributed by atoms with Crippen LogP contribution in [0, 0.1) is 11.8 Å². The Hall–Kier alpha value is -0.0400. The van der Waals surface area contributed by atoms with E-state index in [1.807, 2.05) is 0 Å². The second-order valence-electron chi connectivity index (χ2n) is 3.78. The van der Waals surface area contributed by atoms with Crippen LogP contribution in [-0.4, -0.2) is 24.5 Å². The smallest absolute Gasteiger partial charge is 0.00667 e. The minimum Gasteiger partial charge on any atom is -0.303 e. The molecule has 0 radical (unpaired) electrons. The maximum Gasteiger partial charge on any atom is 0.00667 e. The second kappa shape index (κ2) is 1.72. The molecule has 2 unspecified atom stereocenters. The van der Waals surface area contributed by atoms with Crippen molar-refractivity contribution in [3.63, 3.8) is 0 Å². The molecule has 1 aliphatic carbocycles. The second-order valence-corrected chi connectivity index (χ2v) is 3.78. The topological polar surface area (TPSA) is 3.24 Å². The van der Waals surface area contributed by atoms with E-state index >= 15 is 0 Å². The molecule has 1 saturated carbocycles. The van der Waals surface area contributed by atoms with E-state index in [-0.39, 0.29) is 0 Å². The van der Waals surface area contributed by atoms with Gasteiger partial charge in [-0.3, -0.25) is 0 Å². The number of fused-ring (bicyclic) bond motifs is 1. The molecule has 52 valence electrons. The molecule has 1 heteroatoms. The van der Waals surface area contributed by atoms with Crippen molar-refractivity contribution in [3.05, 3.63) is 0 Å². The summed E-state index contributed by atoms with van der Waals surface area (Å²) in [7, 11) is 2.25. The van der Waals surface area contributed by atoms with E-state index in [9.17, 15) is 0 Å². The van der Waals surface area contributed by atoms with Gasteiger partial charge in [-0.2, -0.15) is 0 Å². The average molecular weight is 125 g/mol. The molecule has 0 bridgehead atoms. The Labute approximate surface area is 57.0 Å². The third-order valence-corrected chi connectivity index (χ3v) is 2.99. The minimum atomic E-state index is 0.855. The monoisotopic (exact) mass is 125 g/mol. The van der Waals surface area contributed by atoms with Gasteiger partial charge in [0.25, 0.3) is 0 Å². The number of rotatable bonds is 0. The van der Waals surface area contributed by atoms with E-state index in [4.69, 9.17) is 0 Å². The third kappa shape index (κ3) is 0.877. The molecule has 1 aliphatic heterocycles. The fourth-order valence-corrected chi connectivity index (χ4v) is 1.99. The first kappa shape index (κ1) is 5.72. The van der Waals surface area contributed by atoms with Gasteiger partial charge in [0, 0.05) is 12.6 Å². The first-order valence-corrected chi connectivity index (χ1v) is 3.97. The molecule has 1 saturated heterocycles. The predicted octanol–water partition coefficient (Wildman–Crippen LogP) is 1.35. The van der Waals surface area contributed by atoms with E-state index in [1.54, 1.807) is 0 Å². The fourth-order valence-electron chi connectivity index (χ4n) is 1.99. The van der Waals surface area contributed by atoms with E-state index in [1.165, 1.54) is 19.4 Å². The molecule has 0 amide bonds. The minimum absolute atomic E-state index is 0.855. The van der Waals surface area contributed by atoms with Gasteiger partial charge in [-0.05, 0) is 38.6 Å². The van der Waals surface area contributed by atoms with E-state index in [2.05, 4.69) is 18.9 Å². The number of hydrogen-bond donors (Lipinski definition) is 0. The summed E-state index contributed by atoms with van der Waals surface area (Å²) in [5, 5.41) is 0. The fraction of sp³-hybridized carbons (Fsp3) is 1.00. The lowest BCUT2D eigenvalue weighted by atomic mass is 10.1. The normalized spacial score (nSPS) is 50.7. The van der Waals surface area contributed by atoms with Crippen molar-refractivity contribution in [1.82, 2.24) is 4.90 Å². The van der Waals surface area contributed by atoms with Gasteiger partial charge < -0.3 is 4.90 Å². The highest BCUT2D eigenvalue weighted by Crippen LogP contribution is 2.46. The lowest BCUT2D eigenvalue weighted by molar-refractivity contribution is 0.191. The Morgan fingerprint density at radius 2 is 2.00 bits per heavy atom. The van der Waals surface area contributed by atoms with Crippen LogP contribution in [0.15, 0.2) is 0 Å². The lowest BCUT2D eigenvalue weighted by Crippen LogP contribution is -2.35. The first-order chi connectivity index (χ1) is 4.27. The van der Waals surface area contributed by atoms with Gasteiger partial charge in [0.15, 0.2) is 0 Å². The lowest BCUT2D eigenvalue weighted by Gasteiger charge is -2.28. The summed E-state index contributed by atoms with van der Waals surface area (Å²) in [5.41, 5.74) is 0. The predicted molar refractivity (Wildman–Crippen MR) is 38.3 cm³/mol. The maximum atomic E-state index is 2.49. The summed E-state index contributed by atoms with van der Waals surface area (Å²) in [6.07, 6.45) is 2.98. The molecule has 0 aromatic carbocycles. The molecule has 2 aliphatic rings. The van der Waals surface area contributed by atoms with Crippen molar-refractivity contribution in [3.8, 4) is 0 Å². The van der Waals surface area contributed by atoms with Crippen LogP contribution in [-0.2, 0) is 0 Å². The molecule has 9 heavy (non-hydrogen) atoms. The number of piperidine rings is 1. The van der Waals surface area contributed by atoms with Crippen molar-refractivity contribution >= 4 is 0 Å². The van der Waals surface area contributed by atoms with Crippen molar-refractivity contribution in [2.24, 2.45) is 11.8 Å². The largest absolute Gasteiger partial charge is 0.303 e. The maximum absolute atomic E-state index is 2.49. The molecular formula is C8H15N. The van der Waals surface area contributed by atoms with Gasteiger partial charge >= 0.3 is 0 Å². The number of hydrogen-bond acceptors (Lipinski definition) is 1. The Morgan fingerprint density at radius 3 is 2.67 bits per heavy atom. The Kier molecular flexibility index (Phi) is 1.10. The van der Waals surface area contributed by atoms with Crippen molar-refractivity contribution in [2.45, 2.75) is 25.8 Å². The molecule has 3 atom stereocenters. The van der Waals surface area contributed by atoms with Crippen LogP contribution in [0.3, 0.4) is 0 Å². The van der Waals surface area contributed by atoms with Gasteiger partial charge in [-0.1, -0.05) is 0 Å². The van der Waals surface area contributed by atoms with E-state index < -0.39 is 0 Å². The molecule has 0 N–H and O–H groups in total. The van der Waals surface area contributed by atoms with Gasteiger partial charge in [0.2, 0.25) is 0 Å². The van der Waals surface area contributed by atoms with E-state index in [0.29, 0.717) is 0 Å². The standard InChI is InChI=1S/C8H15N/c1-6-3-7-4-8(7)5-9(6)2/h6-8H,3-5H2,1-2H3/t6-,7?,8?/m1/s1. The highest BCUT2D eigenvalue weighted by Gasteiger charge is 2.42. The summed E-state index contributed by atoms with van der Waals surface area (Å²) < 4.78 is 0. The van der Waals surface area contributed by atoms with Gasteiger partial charge in [0.05, 0.1) is 0 Å². The SMILES string of the molecule is C[C@@H]1CC2CC2CN1C. The summed E-state index contributed by atoms with van der Waals surface area (Å²) in [6.45, 7) is 3.71. The van der Waals surface area contributed by atoms with Crippen molar-refractivity contribution in [2.75, 3.05) is 13.6 Å². The average Bonchev–Trinajstić information content (AvgIpc) is 2.46. The molecule has 0 aromatic rings. The Morgan fingerprint density at radius 1 is 1.22 bits per heavy atom. The highest BCUT2D eigenvalue weighted by molar-refractivity contribution is 4.94. The molecule has 1 nitrogen and oxygen atoms in total. The number of nitrogens with zero attached hydrogens (tertiary/aromatic N) is 1. The molecule has 1 heterocycles. The highest BCUT2D eigenvalue weighted by atomic mass is 15.1. The van der Waals surface area contributed by atoms with Crippen LogP contribution in [0.5, 0.6) is 0 Å². The summed E-state index contributed by atoms with van der Waals surface area (Å²) in [4.78, 5) is 2.49. The van der Waals surface area contributed by atoms with Gasteiger partial charge in [0.1, 0.15) is 0 Å². The summed E-state index contributed by atoms with van der Waals surface area (Å²) in [6, 6.07) is 0.855. The van der Waals surface area contributed by atoms with Crippen LogP contribution in [0.4, 0.5) is 0 Å². The van der Waals surface area contributed by atoms with Crippen LogP contribution in [0.1, 0.15) is 19.8 Å². The summed E-state index contributed by atoms with van der Waals surface area (Å²) >= 11 is 0. The molecule has 0 spiro atoms. The third-order valence-electron chi connectivity index (χ3n) is 2.99. The quantitative estimate of drug-likeness (QED) is 0.472. The van der Waals surface area contributed by atoms with Crippen LogP contribution < -0.4 is 0 Å². The van der Waals surface area contributed by atoms with Gasteiger partial charge in [-0.15, -0.1) is 0 Å². The Bertz CT molecular complexity index is 108. The zero-order chi connectivity index (χ0) is 6.43. The van der Waals surface area contributed by atoms with Crippen molar-refractivity contribution < 1.29 is 0 Å².